The second-order valence-corrected chi connectivity index (χ2v) is 6.15. The van der Waals surface area contributed by atoms with Crippen LogP contribution >= 0.6 is 11.8 Å². The molecule has 1 aromatic rings. The minimum absolute atomic E-state index is 0.0193. The van der Waals surface area contributed by atoms with E-state index in [0.29, 0.717) is 13.0 Å². The van der Waals surface area contributed by atoms with Crippen LogP contribution in [-0.2, 0) is 9.59 Å². The van der Waals surface area contributed by atoms with E-state index in [1.165, 1.54) is 0 Å². The molecule has 1 aromatic carbocycles. The lowest BCUT2D eigenvalue weighted by Crippen LogP contribution is -2.36. The second-order valence-electron chi connectivity index (χ2n) is 5.27. The summed E-state index contributed by atoms with van der Waals surface area (Å²) in [5.41, 5.74) is 0.868. The molecule has 1 N–H and O–H groups in total. The van der Waals surface area contributed by atoms with Crippen molar-refractivity contribution in [2.45, 2.75) is 31.2 Å². The molecule has 5 heteroatoms. The third-order valence-corrected chi connectivity index (χ3v) is 4.05. The van der Waals surface area contributed by atoms with E-state index in [9.17, 15) is 9.59 Å². The maximum Gasteiger partial charge on any atom is 0.227 e. The summed E-state index contributed by atoms with van der Waals surface area (Å²) in [6, 6.07) is 7.97. The van der Waals surface area contributed by atoms with Crippen molar-refractivity contribution in [2.75, 3.05) is 17.7 Å². The maximum absolute atomic E-state index is 12.1. The van der Waals surface area contributed by atoms with E-state index in [4.69, 9.17) is 0 Å². The Morgan fingerprint density at radius 2 is 2.00 bits per heavy atom. The molecule has 0 aliphatic carbocycles. The fraction of sp³-hybridized carbons (Fsp3) is 0.467. The monoisotopic (exact) mass is 292 g/mol. The van der Waals surface area contributed by atoms with Crippen LogP contribution in [0.2, 0.25) is 0 Å². The summed E-state index contributed by atoms with van der Waals surface area (Å²) in [6.45, 7) is 4.32. The molecule has 2 amide bonds. The fourth-order valence-corrected chi connectivity index (χ4v) is 2.71. The summed E-state index contributed by atoms with van der Waals surface area (Å²) in [5, 5.41) is 2.87. The standard InChI is InChI=1S/C15H20N2O2S/c1-10(2)16-15(19)11-8-14(18)17(9-11)12-4-6-13(20-3)7-5-12/h4-7,10-11H,8-9H2,1-3H3,(H,16,19)/t11-/m1/s1. The quantitative estimate of drug-likeness (QED) is 0.866. The number of carbonyl (C=O) groups excluding carboxylic acids is 2. The maximum atomic E-state index is 12.1. The SMILES string of the molecule is CSc1ccc(N2C[C@H](C(=O)NC(C)C)CC2=O)cc1. The van der Waals surface area contributed by atoms with E-state index in [1.807, 2.05) is 44.4 Å². The van der Waals surface area contributed by atoms with Gasteiger partial charge < -0.3 is 10.2 Å². The van der Waals surface area contributed by atoms with Gasteiger partial charge in [-0.15, -0.1) is 11.8 Å². The number of amides is 2. The third kappa shape index (κ3) is 3.33. The van der Waals surface area contributed by atoms with Crippen LogP contribution in [0.15, 0.2) is 29.2 Å². The number of anilines is 1. The lowest BCUT2D eigenvalue weighted by molar-refractivity contribution is -0.126. The predicted octanol–water partition coefficient (Wildman–Crippen LogP) is 2.29. The summed E-state index contributed by atoms with van der Waals surface area (Å²) < 4.78 is 0. The van der Waals surface area contributed by atoms with Crippen LogP contribution in [0, 0.1) is 5.92 Å². The number of nitrogens with one attached hydrogen (secondary N) is 1. The summed E-state index contributed by atoms with van der Waals surface area (Å²) in [6.07, 6.45) is 2.31. The van der Waals surface area contributed by atoms with E-state index in [0.717, 1.165) is 10.6 Å². The number of hydrogen-bond acceptors (Lipinski definition) is 3. The van der Waals surface area contributed by atoms with Gasteiger partial charge in [0.2, 0.25) is 11.8 Å². The zero-order valence-corrected chi connectivity index (χ0v) is 12.9. The van der Waals surface area contributed by atoms with Crippen LogP contribution in [0.1, 0.15) is 20.3 Å². The molecule has 1 heterocycles. The smallest absolute Gasteiger partial charge is 0.227 e. The summed E-state index contributed by atoms with van der Waals surface area (Å²) in [7, 11) is 0. The normalized spacial score (nSPS) is 18.7. The molecule has 0 aromatic heterocycles. The van der Waals surface area contributed by atoms with Crippen molar-refractivity contribution >= 4 is 29.3 Å². The van der Waals surface area contributed by atoms with Gasteiger partial charge in [0.05, 0.1) is 5.92 Å². The van der Waals surface area contributed by atoms with Crippen molar-refractivity contribution in [2.24, 2.45) is 5.92 Å². The molecule has 1 atom stereocenters. The minimum Gasteiger partial charge on any atom is -0.354 e. The lowest BCUT2D eigenvalue weighted by Gasteiger charge is -2.17. The van der Waals surface area contributed by atoms with Crippen molar-refractivity contribution < 1.29 is 9.59 Å². The molecule has 1 saturated heterocycles. The molecule has 1 aliphatic rings. The topological polar surface area (TPSA) is 49.4 Å². The Balaban J connectivity index is 2.06. The largest absolute Gasteiger partial charge is 0.354 e. The Kier molecular flexibility index (Phi) is 4.70. The molecule has 2 rings (SSSR count). The van der Waals surface area contributed by atoms with Gasteiger partial charge in [0.1, 0.15) is 0 Å². The number of benzene rings is 1. The molecule has 20 heavy (non-hydrogen) atoms. The highest BCUT2D eigenvalue weighted by Gasteiger charge is 2.35. The molecular weight excluding hydrogens is 272 g/mol. The van der Waals surface area contributed by atoms with Crippen LogP contribution in [0.4, 0.5) is 5.69 Å². The number of rotatable bonds is 4. The van der Waals surface area contributed by atoms with Crippen LogP contribution < -0.4 is 10.2 Å². The van der Waals surface area contributed by atoms with Crippen LogP contribution in [0.3, 0.4) is 0 Å². The molecule has 0 saturated carbocycles. The van der Waals surface area contributed by atoms with Gasteiger partial charge in [-0.1, -0.05) is 0 Å². The average Bonchev–Trinajstić information content (AvgIpc) is 2.80. The number of hydrogen-bond donors (Lipinski definition) is 1. The molecule has 1 fully saturated rings. The van der Waals surface area contributed by atoms with Gasteiger partial charge in [0.15, 0.2) is 0 Å². The second kappa shape index (κ2) is 6.31. The minimum atomic E-state index is -0.245. The summed E-state index contributed by atoms with van der Waals surface area (Å²) in [5.74, 6) is -0.257. The molecule has 108 valence electrons. The molecule has 4 nitrogen and oxygen atoms in total. The highest BCUT2D eigenvalue weighted by molar-refractivity contribution is 7.98. The Morgan fingerprint density at radius 3 is 2.55 bits per heavy atom. The van der Waals surface area contributed by atoms with Gasteiger partial charge in [-0.25, -0.2) is 0 Å². The van der Waals surface area contributed by atoms with E-state index < -0.39 is 0 Å². The first-order chi connectivity index (χ1) is 9.51. The molecule has 1 aliphatic heterocycles. The van der Waals surface area contributed by atoms with E-state index in [2.05, 4.69) is 5.32 Å². The molecule has 0 unspecified atom stereocenters. The lowest BCUT2D eigenvalue weighted by atomic mass is 10.1. The summed E-state index contributed by atoms with van der Waals surface area (Å²) >= 11 is 1.67. The van der Waals surface area contributed by atoms with Crippen molar-refractivity contribution in [3.05, 3.63) is 24.3 Å². The Bertz CT molecular complexity index is 499. The Hall–Kier alpha value is -1.49. The van der Waals surface area contributed by atoms with Crippen molar-refractivity contribution in [1.29, 1.82) is 0 Å². The first-order valence-corrected chi connectivity index (χ1v) is 7.98. The van der Waals surface area contributed by atoms with Gasteiger partial charge in [0, 0.05) is 29.6 Å². The molecule has 0 bridgehead atoms. The fourth-order valence-electron chi connectivity index (χ4n) is 2.30. The van der Waals surface area contributed by atoms with Crippen molar-refractivity contribution in [3.8, 4) is 0 Å². The zero-order valence-electron chi connectivity index (χ0n) is 12.1. The van der Waals surface area contributed by atoms with Crippen LogP contribution in [0.5, 0.6) is 0 Å². The highest BCUT2D eigenvalue weighted by Crippen LogP contribution is 2.27. The first-order valence-electron chi connectivity index (χ1n) is 6.76. The molecule has 0 radical (unpaired) electrons. The van der Waals surface area contributed by atoms with E-state index >= 15 is 0 Å². The van der Waals surface area contributed by atoms with E-state index in [-0.39, 0.29) is 23.8 Å². The van der Waals surface area contributed by atoms with Gasteiger partial charge in [-0.05, 0) is 44.4 Å². The van der Waals surface area contributed by atoms with Crippen LogP contribution in [-0.4, -0.2) is 30.7 Å². The molecule has 0 spiro atoms. The number of carbonyl (C=O) groups is 2. The van der Waals surface area contributed by atoms with Crippen LogP contribution in [0.25, 0.3) is 0 Å². The van der Waals surface area contributed by atoms with E-state index in [1.54, 1.807) is 16.7 Å². The van der Waals surface area contributed by atoms with Gasteiger partial charge >= 0.3 is 0 Å². The predicted molar refractivity (Wildman–Crippen MR) is 82.0 cm³/mol. The van der Waals surface area contributed by atoms with Crippen molar-refractivity contribution in [3.63, 3.8) is 0 Å². The van der Waals surface area contributed by atoms with Gasteiger partial charge in [-0.2, -0.15) is 0 Å². The first kappa shape index (κ1) is 14.9. The highest BCUT2D eigenvalue weighted by atomic mass is 32.2. The Labute approximate surface area is 123 Å². The number of thioether (sulfide) groups is 1. The average molecular weight is 292 g/mol. The summed E-state index contributed by atoms with van der Waals surface area (Å²) in [4.78, 5) is 26.9. The zero-order chi connectivity index (χ0) is 14.7. The Morgan fingerprint density at radius 1 is 1.35 bits per heavy atom. The number of nitrogens with zero attached hydrogens (tertiary/aromatic N) is 1. The van der Waals surface area contributed by atoms with Crippen molar-refractivity contribution in [1.82, 2.24) is 5.32 Å². The van der Waals surface area contributed by atoms with Gasteiger partial charge in [0.25, 0.3) is 0 Å². The molecular formula is C15H20N2O2S. The third-order valence-electron chi connectivity index (χ3n) is 3.31. The van der Waals surface area contributed by atoms with Gasteiger partial charge in [-0.3, -0.25) is 9.59 Å².